The summed E-state index contributed by atoms with van der Waals surface area (Å²) in [5.41, 5.74) is 2.21. The third kappa shape index (κ3) is 2.63. The number of nitrogens with zero attached hydrogens (tertiary/aromatic N) is 5. The van der Waals surface area contributed by atoms with Gasteiger partial charge < -0.3 is 4.74 Å². The molecular formula is C18H25N5O. The highest BCUT2D eigenvalue weighted by molar-refractivity contribution is 5.40. The minimum Gasteiger partial charge on any atom is -0.379 e. The van der Waals surface area contributed by atoms with Crippen molar-refractivity contribution in [1.29, 1.82) is 0 Å². The molecule has 1 aromatic carbocycles. The maximum absolute atomic E-state index is 5.59. The summed E-state index contributed by atoms with van der Waals surface area (Å²) < 4.78 is 7.56. The molecule has 0 bridgehead atoms. The Hall–Kier alpha value is -1.79. The van der Waals surface area contributed by atoms with Gasteiger partial charge in [0.25, 0.3) is 0 Å². The smallest absolute Gasteiger partial charge is 0.176 e. The van der Waals surface area contributed by atoms with Crippen LogP contribution >= 0.6 is 0 Å². The molecule has 1 aliphatic carbocycles. The Morgan fingerprint density at radius 3 is 2.54 bits per heavy atom. The maximum atomic E-state index is 5.59. The molecule has 24 heavy (non-hydrogen) atoms. The Labute approximate surface area is 142 Å². The van der Waals surface area contributed by atoms with E-state index >= 15 is 0 Å². The fraction of sp³-hybridized carbons (Fsp3) is 0.611. The van der Waals surface area contributed by atoms with E-state index in [9.17, 15) is 0 Å². The molecule has 2 aliphatic rings. The van der Waals surface area contributed by atoms with Crippen LogP contribution < -0.4 is 0 Å². The van der Waals surface area contributed by atoms with Crippen molar-refractivity contribution in [3.05, 3.63) is 35.7 Å². The second-order valence-corrected chi connectivity index (χ2v) is 6.89. The third-order valence-electron chi connectivity index (χ3n) is 5.53. The summed E-state index contributed by atoms with van der Waals surface area (Å²) >= 11 is 0. The topological polar surface area (TPSA) is 56.1 Å². The highest BCUT2D eigenvalue weighted by Gasteiger charge is 2.44. The van der Waals surface area contributed by atoms with Crippen LogP contribution in [0.15, 0.2) is 24.3 Å². The normalized spacial score (nSPS) is 21.7. The molecule has 128 valence electrons. The molecule has 0 amide bonds. The Morgan fingerprint density at radius 1 is 1.04 bits per heavy atom. The van der Waals surface area contributed by atoms with Crippen molar-refractivity contribution in [2.45, 2.75) is 44.6 Å². The molecule has 1 saturated heterocycles. The highest BCUT2D eigenvalue weighted by atomic mass is 16.5. The first-order chi connectivity index (χ1) is 11.8. The third-order valence-corrected chi connectivity index (χ3v) is 5.53. The van der Waals surface area contributed by atoms with E-state index in [-0.39, 0.29) is 5.54 Å². The van der Waals surface area contributed by atoms with Crippen molar-refractivity contribution < 1.29 is 4.74 Å². The summed E-state index contributed by atoms with van der Waals surface area (Å²) in [5, 5.41) is 12.9. The summed E-state index contributed by atoms with van der Waals surface area (Å²) in [5.74, 6) is 0.999. The molecule has 2 fully saturated rings. The fourth-order valence-electron chi connectivity index (χ4n) is 4.25. The Bertz CT molecular complexity index is 686. The van der Waals surface area contributed by atoms with Gasteiger partial charge in [-0.2, -0.15) is 4.68 Å². The van der Waals surface area contributed by atoms with Crippen LogP contribution in [-0.2, 0) is 10.3 Å². The van der Waals surface area contributed by atoms with Gasteiger partial charge in [-0.3, -0.25) is 4.90 Å². The van der Waals surface area contributed by atoms with Crippen LogP contribution in [0.4, 0.5) is 0 Å². The van der Waals surface area contributed by atoms with Crippen molar-refractivity contribution >= 4 is 0 Å². The number of morpholine rings is 1. The van der Waals surface area contributed by atoms with Gasteiger partial charge in [0, 0.05) is 13.1 Å². The van der Waals surface area contributed by atoms with Gasteiger partial charge in [-0.05, 0) is 41.8 Å². The number of aryl methyl sites for hydroxylation is 1. The van der Waals surface area contributed by atoms with Crippen molar-refractivity contribution in [3.63, 3.8) is 0 Å². The van der Waals surface area contributed by atoms with Crippen LogP contribution in [0.5, 0.6) is 0 Å². The van der Waals surface area contributed by atoms with Crippen LogP contribution in [0.2, 0.25) is 0 Å². The number of benzene rings is 1. The molecule has 4 rings (SSSR count). The molecule has 2 heterocycles. The van der Waals surface area contributed by atoms with E-state index in [4.69, 9.17) is 4.74 Å². The van der Waals surface area contributed by atoms with Gasteiger partial charge in [-0.15, -0.1) is 5.10 Å². The fourth-order valence-corrected chi connectivity index (χ4v) is 4.25. The second-order valence-electron chi connectivity index (χ2n) is 6.89. The summed E-state index contributed by atoms with van der Waals surface area (Å²) in [6.07, 6.45) is 6.02. The average Bonchev–Trinajstić information content (AvgIpc) is 3.13. The van der Waals surface area contributed by atoms with Gasteiger partial charge in [0.05, 0.1) is 24.4 Å². The molecule has 0 spiro atoms. The molecule has 6 nitrogen and oxygen atoms in total. The minimum absolute atomic E-state index is 0.0617. The molecule has 0 atom stereocenters. The summed E-state index contributed by atoms with van der Waals surface area (Å²) in [6.45, 7) is 5.63. The maximum Gasteiger partial charge on any atom is 0.176 e. The van der Waals surface area contributed by atoms with Gasteiger partial charge in [-0.1, -0.05) is 37.5 Å². The van der Waals surface area contributed by atoms with Crippen molar-refractivity contribution in [1.82, 2.24) is 25.1 Å². The highest BCUT2D eigenvalue weighted by Crippen LogP contribution is 2.42. The summed E-state index contributed by atoms with van der Waals surface area (Å²) in [6, 6.07) is 8.32. The largest absolute Gasteiger partial charge is 0.379 e. The standard InChI is InChI=1S/C18H25N5O/c1-15-7-3-4-8-16(15)23-17(19-20-21-23)18(9-5-2-6-10-18)22-11-13-24-14-12-22/h3-4,7-8H,2,5-6,9-14H2,1H3. The molecule has 1 saturated carbocycles. The van der Waals surface area contributed by atoms with Gasteiger partial charge in [0.2, 0.25) is 0 Å². The first-order valence-corrected chi connectivity index (χ1v) is 8.99. The number of para-hydroxylation sites is 1. The number of aromatic nitrogens is 4. The summed E-state index contributed by atoms with van der Waals surface area (Å²) in [4.78, 5) is 2.57. The quantitative estimate of drug-likeness (QED) is 0.867. The SMILES string of the molecule is Cc1ccccc1-n1nnnc1C1(N2CCOCC2)CCCCC1. The van der Waals surface area contributed by atoms with Crippen LogP contribution in [0.25, 0.3) is 5.69 Å². The van der Waals surface area contributed by atoms with Crippen molar-refractivity contribution in [2.75, 3.05) is 26.3 Å². The number of rotatable bonds is 3. The Kier molecular flexibility index (Phi) is 4.33. The number of hydrogen-bond donors (Lipinski definition) is 0. The van der Waals surface area contributed by atoms with Crippen molar-refractivity contribution in [3.8, 4) is 5.69 Å². The molecule has 1 aliphatic heterocycles. The molecule has 0 radical (unpaired) electrons. The van der Waals surface area contributed by atoms with Gasteiger partial charge in [-0.25, -0.2) is 0 Å². The molecule has 6 heteroatoms. The van der Waals surface area contributed by atoms with E-state index in [2.05, 4.69) is 51.6 Å². The zero-order valence-corrected chi connectivity index (χ0v) is 14.3. The van der Waals surface area contributed by atoms with E-state index in [0.717, 1.165) is 50.7 Å². The molecule has 2 aromatic rings. The van der Waals surface area contributed by atoms with Crippen LogP contribution in [0.1, 0.15) is 43.5 Å². The lowest BCUT2D eigenvalue weighted by Gasteiger charge is -2.46. The van der Waals surface area contributed by atoms with E-state index in [0.29, 0.717) is 0 Å². The molecule has 0 unspecified atom stereocenters. The lowest BCUT2D eigenvalue weighted by molar-refractivity contribution is -0.0451. The van der Waals surface area contributed by atoms with Crippen LogP contribution in [-0.4, -0.2) is 51.4 Å². The van der Waals surface area contributed by atoms with E-state index < -0.39 is 0 Å². The van der Waals surface area contributed by atoms with Gasteiger partial charge in [0.1, 0.15) is 0 Å². The second kappa shape index (κ2) is 6.61. The van der Waals surface area contributed by atoms with Gasteiger partial charge in [0.15, 0.2) is 5.82 Å². The van der Waals surface area contributed by atoms with E-state index in [1.165, 1.54) is 24.8 Å². The molecular weight excluding hydrogens is 302 g/mol. The number of ether oxygens (including phenoxy) is 1. The molecule has 1 aromatic heterocycles. The predicted molar refractivity (Wildman–Crippen MR) is 91.0 cm³/mol. The minimum atomic E-state index is -0.0617. The molecule has 0 N–H and O–H groups in total. The first-order valence-electron chi connectivity index (χ1n) is 8.99. The lowest BCUT2D eigenvalue weighted by Crippen LogP contribution is -2.53. The van der Waals surface area contributed by atoms with E-state index in [1.54, 1.807) is 0 Å². The van der Waals surface area contributed by atoms with Gasteiger partial charge >= 0.3 is 0 Å². The Balaban J connectivity index is 1.79. The van der Waals surface area contributed by atoms with Crippen molar-refractivity contribution in [2.24, 2.45) is 0 Å². The van der Waals surface area contributed by atoms with Crippen LogP contribution in [0, 0.1) is 6.92 Å². The zero-order valence-electron chi connectivity index (χ0n) is 14.3. The van der Waals surface area contributed by atoms with E-state index in [1.807, 2.05) is 4.68 Å². The average molecular weight is 327 g/mol. The van der Waals surface area contributed by atoms with Crippen LogP contribution in [0.3, 0.4) is 0 Å². The Morgan fingerprint density at radius 2 is 1.79 bits per heavy atom. The monoisotopic (exact) mass is 327 g/mol. The first kappa shape index (κ1) is 15.7. The number of tetrazole rings is 1. The number of hydrogen-bond acceptors (Lipinski definition) is 5. The zero-order chi connectivity index (χ0) is 16.4. The lowest BCUT2D eigenvalue weighted by atomic mass is 9.79. The predicted octanol–water partition coefficient (Wildman–Crippen LogP) is 2.46. The summed E-state index contributed by atoms with van der Waals surface area (Å²) in [7, 11) is 0.